The molecule has 0 bridgehead atoms. The second-order valence-corrected chi connectivity index (χ2v) is 21.3. The Kier molecular flexibility index (Phi) is 63.9. The van der Waals surface area contributed by atoms with Crippen LogP contribution in [0, 0.1) is 0 Å². The Morgan fingerprint density at radius 1 is 0.256 bits per heavy atom. The number of allylic oxidation sites excluding steroid dienone is 28. The van der Waals surface area contributed by atoms with Gasteiger partial charge in [0.2, 0.25) is 0 Å². The van der Waals surface area contributed by atoms with E-state index in [1.165, 1.54) is 57.8 Å². The molecule has 0 amide bonds. The lowest BCUT2D eigenvalue weighted by molar-refractivity contribution is -0.167. The quantitative estimate of drug-likeness (QED) is 0.0261. The zero-order valence-corrected chi connectivity index (χ0v) is 52.7. The molecule has 6 heteroatoms. The number of hydrogen-bond donors (Lipinski definition) is 0. The first-order valence-electron chi connectivity index (χ1n) is 33.1. The van der Waals surface area contributed by atoms with E-state index in [9.17, 15) is 14.4 Å². The summed E-state index contributed by atoms with van der Waals surface area (Å²) in [6.07, 6.45) is 101. The van der Waals surface area contributed by atoms with Crippen LogP contribution in [-0.4, -0.2) is 37.2 Å². The van der Waals surface area contributed by atoms with Crippen molar-refractivity contribution in [1.29, 1.82) is 0 Å². The SMILES string of the molecule is CC/C=C\C/C=C\C/C=C\C/C=C\C/C=C\C/C=C\C/C=C\C/C=C\C/C=C\CCCCCCCCCC(=O)OCC(COC(=O)CCCCC/C=C\C/C=C\C/C=C\CC)OC(=O)CCCCCCC/C=C\C/C=C\CCCCCC. The number of carbonyl (C=O) groups is 3. The molecule has 0 N–H and O–H groups in total. The van der Waals surface area contributed by atoms with Gasteiger partial charge >= 0.3 is 17.9 Å². The summed E-state index contributed by atoms with van der Waals surface area (Å²) in [6, 6.07) is 0. The van der Waals surface area contributed by atoms with Crippen LogP contribution < -0.4 is 0 Å². The third kappa shape index (κ3) is 65.6. The van der Waals surface area contributed by atoms with E-state index in [4.69, 9.17) is 14.2 Å². The summed E-state index contributed by atoms with van der Waals surface area (Å²) in [5.41, 5.74) is 0. The molecule has 0 saturated heterocycles. The predicted octanol–water partition coefficient (Wildman–Crippen LogP) is 23.0. The third-order valence-electron chi connectivity index (χ3n) is 13.4. The van der Waals surface area contributed by atoms with Gasteiger partial charge in [-0.1, -0.05) is 268 Å². The third-order valence-corrected chi connectivity index (χ3v) is 13.4. The maximum absolute atomic E-state index is 12.9. The van der Waals surface area contributed by atoms with Crippen molar-refractivity contribution in [3.63, 3.8) is 0 Å². The fourth-order valence-electron chi connectivity index (χ4n) is 8.54. The van der Waals surface area contributed by atoms with Crippen LogP contribution in [0.1, 0.15) is 271 Å². The molecule has 82 heavy (non-hydrogen) atoms. The van der Waals surface area contributed by atoms with Crippen LogP contribution in [-0.2, 0) is 28.6 Å². The molecule has 0 aliphatic heterocycles. The number of carbonyl (C=O) groups excluding carboxylic acids is 3. The van der Waals surface area contributed by atoms with Crippen molar-refractivity contribution >= 4 is 17.9 Å². The fraction of sp³-hybridized carbons (Fsp3) is 0.592. The van der Waals surface area contributed by atoms with Crippen molar-refractivity contribution in [1.82, 2.24) is 0 Å². The molecule has 0 radical (unpaired) electrons. The Labute approximate surface area is 504 Å². The minimum atomic E-state index is -0.811. The number of ether oxygens (including phenoxy) is 3. The topological polar surface area (TPSA) is 78.9 Å². The van der Waals surface area contributed by atoms with Gasteiger partial charge in [-0.3, -0.25) is 14.4 Å². The fourth-order valence-corrected chi connectivity index (χ4v) is 8.54. The van der Waals surface area contributed by atoms with E-state index in [2.05, 4.69) is 191 Å². The van der Waals surface area contributed by atoms with Crippen LogP contribution >= 0.6 is 0 Å². The molecule has 1 unspecified atom stereocenters. The molecule has 0 aliphatic rings. The van der Waals surface area contributed by atoms with Crippen molar-refractivity contribution in [2.24, 2.45) is 0 Å². The zero-order chi connectivity index (χ0) is 59.2. The lowest BCUT2D eigenvalue weighted by Crippen LogP contribution is -2.30. The molecule has 0 heterocycles. The summed E-state index contributed by atoms with van der Waals surface area (Å²) >= 11 is 0. The summed E-state index contributed by atoms with van der Waals surface area (Å²) in [5, 5.41) is 0. The van der Waals surface area contributed by atoms with Crippen molar-refractivity contribution in [3.8, 4) is 0 Å². The predicted molar refractivity (Wildman–Crippen MR) is 357 cm³/mol. The molecule has 0 aromatic heterocycles. The highest BCUT2D eigenvalue weighted by Gasteiger charge is 2.19. The summed E-state index contributed by atoms with van der Waals surface area (Å²) in [6.45, 7) is 6.34. The molecule has 1 atom stereocenters. The number of rotatable bonds is 58. The van der Waals surface area contributed by atoms with Crippen LogP contribution in [0.5, 0.6) is 0 Å². The highest BCUT2D eigenvalue weighted by atomic mass is 16.6. The van der Waals surface area contributed by atoms with Crippen LogP contribution in [0.25, 0.3) is 0 Å². The van der Waals surface area contributed by atoms with Gasteiger partial charge in [0, 0.05) is 19.3 Å². The summed E-state index contributed by atoms with van der Waals surface area (Å²) in [5.74, 6) is -0.964. The van der Waals surface area contributed by atoms with Gasteiger partial charge in [-0.25, -0.2) is 0 Å². The lowest BCUT2D eigenvalue weighted by Gasteiger charge is -2.18. The van der Waals surface area contributed by atoms with E-state index >= 15 is 0 Å². The van der Waals surface area contributed by atoms with Crippen molar-refractivity contribution < 1.29 is 28.6 Å². The summed E-state index contributed by atoms with van der Waals surface area (Å²) < 4.78 is 16.9. The van der Waals surface area contributed by atoms with Gasteiger partial charge in [-0.15, -0.1) is 0 Å². The molecule has 0 spiro atoms. The monoisotopic (exact) mass is 1130 g/mol. The maximum atomic E-state index is 12.9. The maximum Gasteiger partial charge on any atom is 0.306 e. The van der Waals surface area contributed by atoms with E-state index < -0.39 is 6.10 Å². The van der Waals surface area contributed by atoms with Crippen molar-refractivity contribution in [2.75, 3.05) is 13.2 Å². The zero-order valence-electron chi connectivity index (χ0n) is 52.7. The highest BCUT2D eigenvalue weighted by Crippen LogP contribution is 2.14. The molecule has 0 aliphatic carbocycles. The van der Waals surface area contributed by atoms with E-state index in [0.717, 1.165) is 173 Å². The largest absolute Gasteiger partial charge is 0.462 e. The summed E-state index contributed by atoms with van der Waals surface area (Å²) in [4.78, 5) is 38.3. The number of hydrogen-bond acceptors (Lipinski definition) is 6. The van der Waals surface area contributed by atoms with Gasteiger partial charge in [-0.05, 0) is 154 Å². The van der Waals surface area contributed by atoms with Gasteiger partial charge in [-0.2, -0.15) is 0 Å². The van der Waals surface area contributed by atoms with Gasteiger partial charge in [0.25, 0.3) is 0 Å². The van der Waals surface area contributed by atoms with E-state index in [-0.39, 0.29) is 31.1 Å². The molecular formula is C76H120O6. The average Bonchev–Trinajstić information content (AvgIpc) is 3.47. The van der Waals surface area contributed by atoms with Crippen LogP contribution in [0.15, 0.2) is 170 Å². The van der Waals surface area contributed by atoms with Crippen molar-refractivity contribution in [3.05, 3.63) is 170 Å². The Hall–Kier alpha value is -5.23. The first-order chi connectivity index (χ1) is 40.5. The van der Waals surface area contributed by atoms with Crippen molar-refractivity contribution in [2.45, 2.75) is 277 Å². The van der Waals surface area contributed by atoms with Gasteiger partial charge in [0.1, 0.15) is 13.2 Å². The van der Waals surface area contributed by atoms with E-state index in [0.29, 0.717) is 19.3 Å². The standard InChI is InChI=1S/C76H120O6/c1-4-7-10-13-16-19-22-25-27-29-30-31-32-33-34-35-36-37-38-39-40-41-42-43-44-45-46-47-49-51-54-57-60-63-66-69-75(78)81-72-73(71-80-74(77)68-65-62-59-56-53-50-24-21-18-15-12-9-6-3)82-76(79)70-67-64-61-58-55-52-48-28-26-23-20-17-14-11-8-5-2/h7,9-10,12,16,18-21,23,25,27-28,30-31,33-34,36-37,39-40,42-43,45-46,48,50,53,73H,4-6,8,11,13-15,17,22,24,26,29,32,35,38,41,44,47,49,51-52,54-72H2,1-3H3/b10-7-,12-9-,19-16-,21-18-,23-20-,27-25-,31-30-,34-33-,37-36-,40-39-,43-42-,46-45-,48-28-,53-50-. The van der Waals surface area contributed by atoms with Crippen LogP contribution in [0.2, 0.25) is 0 Å². The van der Waals surface area contributed by atoms with E-state index in [1.807, 2.05) is 0 Å². The highest BCUT2D eigenvalue weighted by molar-refractivity contribution is 5.71. The summed E-state index contributed by atoms with van der Waals surface area (Å²) in [7, 11) is 0. The number of unbranched alkanes of at least 4 members (excludes halogenated alkanes) is 19. The molecule has 0 aromatic carbocycles. The second-order valence-electron chi connectivity index (χ2n) is 21.3. The smallest absolute Gasteiger partial charge is 0.306 e. The second kappa shape index (κ2) is 68.3. The van der Waals surface area contributed by atoms with Gasteiger partial charge in [0.15, 0.2) is 6.10 Å². The lowest BCUT2D eigenvalue weighted by atomic mass is 10.1. The normalized spacial score (nSPS) is 13.3. The molecule has 0 fully saturated rings. The van der Waals surface area contributed by atoms with Crippen LogP contribution in [0.3, 0.4) is 0 Å². The molecule has 0 aromatic rings. The van der Waals surface area contributed by atoms with Gasteiger partial charge in [0.05, 0.1) is 0 Å². The van der Waals surface area contributed by atoms with E-state index in [1.54, 1.807) is 0 Å². The first-order valence-corrected chi connectivity index (χ1v) is 33.1. The minimum absolute atomic E-state index is 0.106. The molecule has 0 saturated carbocycles. The Bertz CT molecular complexity index is 1870. The number of esters is 3. The Balaban J connectivity index is 4.32. The average molecular weight is 1130 g/mol. The molecule has 0 rings (SSSR count). The minimum Gasteiger partial charge on any atom is -0.462 e. The van der Waals surface area contributed by atoms with Gasteiger partial charge < -0.3 is 14.2 Å². The van der Waals surface area contributed by atoms with Crippen LogP contribution in [0.4, 0.5) is 0 Å². The Morgan fingerprint density at radius 3 is 0.756 bits per heavy atom. The Morgan fingerprint density at radius 2 is 0.476 bits per heavy atom. The molecule has 460 valence electrons. The first kappa shape index (κ1) is 76.8. The molecular weight excluding hydrogens is 1010 g/mol. The molecule has 6 nitrogen and oxygen atoms in total.